The van der Waals surface area contributed by atoms with E-state index in [2.05, 4.69) is 67.9 Å². The standard InChI is InChI=1S/C27H24O/c1-4-5-22-6-8-23(9-7-22)10-11-25-13-17-26(21(2)20-25)16-12-24-14-18-27(28-3)19-15-24/h6-9,13-15,17-20H,4-5H2,1-3H3. The molecule has 0 bridgehead atoms. The summed E-state index contributed by atoms with van der Waals surface area (Å²) in [6.45, 7) is 4.27. The first kappa shape index (κ1) is 19.3. The highest BCUT2D eigenvalue weighted by Gasteiger charge is 1.97. The second kappa shape index (κ2) is 9.50. The molecule has 0 saturated heterocycles. The minimum absolute atomic E-state index is 0.838. The number of aryl methyl sites for hydroxylation is 2. The van der Waals surface area contributed by atoms with Gasteiger partial charge in [-0.15, -0.1) is 0 Å². The highest BCUT2D eigenvalue weighted by atomic mass is 16.5. The van der Waals surface area contributed by atoms with E-state index in [1.807, 2.05) is 36.4 Å². The quantitative estimate of drug-likeness (QED) is 0.537. The summed E-state index contributed by atoms with van der Waals surface area (Å²) in [6.07, 6.45) is 2.28. The van der Waals surface area contributed by atoms with Gasteiger partial charge >= 0.3 is 0 Å². The fraction of sp³-hybridized carbons (Fsp3) is 0.185. The second-order valence-corrected chi connectivity index (χ2v) is 6.71. The molecule has 0 unspecified atom stereocenters. The van der Waals surface area contributed by atoms with Crippen molar-refractivity contribution in [3.05, 3.63) is 100 Å². The molecule has 0 aromatic heterocycles. The number of rotatable bonds is 3. The molecule has 3 rings (SSSR count). The molecule has 0 radical (unpaired) electrons. The van der Waals surface area contributed by atoms with Crippen LogP contribution in [0.5, 0.6) is 5.75 Å². The Morgan fingerprint density at radius 1 is 0.714 bits per heavy atom. The first-order valence-corrected chi connectivity index (χ1v) is 9.55. The molecule has 3 aromatic rings. The van der Waals surface area contributed by atoms with Gasteiger partial charge in [0.25, 0.3) is 0 Å². The van der Waals surface area contributed by atoms with E-state index in [1.54, 1.807) is 7.11 Å². The van der Waals surface area contributed by atoms with Crippen molar-refractivity contribution in [1.29, 1.82) is 0 Å². The second-order valence-electron chi connectivity index (χ2n) is 6.71. The SMILES string of the molecule is CCCc1ccc(C#Cc2ccc(C#Cc3ccc(OC)cc3)c(C)c2)cc1. The molecule has 0 amide bonds. The third-order valence-electron chi connectivity index (χ3n) is 4.50. The Morgan fingerprint density at radius 3 is 1.89 bits per heavy atom. The van der Waals surface area contributed by atoms with Crippen LogP contribution in [0.4, 0.5) is 0 Å². The molecule has 0 spiro atoms. The molecule has 0 aliphatic carbocycles. The van der Waals surface area contributed by atoms with E-state index in [4.69, 9.17) is 4.74 Å². The summed E-state index contributed by atoms with van der Waals surface area (Å²) in [5.41, 5.74) is 6.53. The van der Waals surface area contributed by atoms with Crippen molar-refractivity contribution < 1.29 is 4.74 Å². The maximum absolute atomic E-state index is 5.17. The zero-order chi connectivity index (χ0) is 19.8. The lowest BCUT2D eigenvalue weighted by Crippen LogP contribution is -1.86. The largest absolute Gasteiger partial charge is 0.497 e. The van der Waals surface area contributed by atoms with Gasteiger partial charge in [-0.25, -0.2) is 0 Å². The Kier molecular flexibility index (Phi) is 6.56. The number of hydrogen-bond donors (Lipinski definition) is 0. The Hall–Kier alpha value is -3.42. The van der Waals surface area contributed by atoms with Crippen molar-refractivity contribution in [3.8, 4) is 29.4 Å². The first-order chi connectivity index (χ1) is 13.7. The van der Waals surface area contributed by atoms with E-state index in [-0.39, 0.29) is 0 Å². The van der Waals surface area contributed by atoms with Crippen LogP contribution in [0.3, 0.4) is 0 Å². The van der Waals surface area contributed by atoms with Crippen molar-refractivity contribution in [3.63, 3.8) is 0 Å². The van der Waals surface area contributed by atoms with E-state index in [0.717, 1.165) is 46.4 Å². The van der Waals surface area contributed by atoms with E-state index in [0.29, 0.717) is 0 Å². The molecule has 0 saturated carbocycles. The molecule has 28 heavy (non-hydrogen) atoms. The monoisotopic (exact) mass is 364 g/mol. The van der Waals surface area contributed by atoms with Gasteiger partial charge < -0.3 is 4.74 Å². The lowest BCUT2D eigenvalue weighted by molar-refractivity contribution is 0.415. The molecule has 138 valence electrons. The van der Waals surface area contributed by atoms with Crippen molar-refractivity contribution in [2.24, 2.45) is 0 Å². The van der Waals surface area contributed by atoms with Crippen molar-refractivity contribution >= 4 is 0 Å². The zero-order valence-corrected chi connectivity index (χ0v) is 16.7. The van der Waals surface area contributed by atoms with E-state index >= 15 is 0 Å². The van der Waals surface area contributed by atoms with Crippen molar-refractivity contribution in [2.75, 3.05) is 7.11 Å². The minimum atomic E-state index is 0.838. The van der Waals surface area contributed by atoms with Crippen LogP contribution < -0.4 is 4.74 Å². The van der Waals surface area contributed by atoms with Gasteiger partial charge in [0.15, 0.2) is 0 Å². The van der Waals surface area contributed by atoms with Crippen LogP contribution >= 0.6 is 0 Å². The summed E-state index contributed by atoms with van der Waals surface area (Å²) in [4.78, 5) is 0. The van der Waals surface area contributed by atoms with Crippen LogP contribution in [0.25, 0.3) is 0 Å². The van der Waals surface area contributed by atoms with Crippen LogP contribution in [0, 0.1) is 30.6 Å². The lowest BCUT2D eigenvalue weighted by atomic mass is 10.0. The number of ether oxygens (including phenoxy) is 1. The third-order valence-corrected chi connectivity index (χ3v) is 4.50. The molecule has 1 heteroatoms. The van der Waals surface area contributed by atoms with Gasteiger partial charge in [-0.1, -0.05) is 49.2 Å². The Morgan fingerprint density at radius 2 is 1.29 bits per heavy atom. The summed E-state index contributed by atoms with van der Waals surface area (Å²) in [7, 11) is 1.66. The molecular weight excluding hydrogens is 340 g/mol. The van der Waals surface area contributed by atoms with E-state index in [9.17, 15) is 0 Å². The molecule has 0 atom stereocenters. The van der Waals surface area contributed by atoms with Gasteiger partial charge in [0, 0.05) is 22.3 Å². The smallest absolute Gasteiger partial charge is 0.118 e. The minimum Gasteiger partial charge on any atom is -0.497 e. The van der Waals surface area contributed by atoms with Crippen molar-refractivity contribution in [1.82, 2.24) is 0 Å². The fourth-order valence-corrected chi connectivity index (χ4v) is 2.88. The maximum Gasteiger partial charge on any atom is 0.118 e. The normalized spacial score (nSPS) is 9.68. The summed E-state index contributed by atoms with van der Waals surface area (Å²) < 4.78 is 5.17. The maximum atomic E-state index is 5.17. The molecule has 0 heterocycles. The predicted octanol–water partition coefficient (Wildman–Crippen LogP) is 5.76. The fourth-order valence-electron chi connectivity index (χ4n) is 2.88. The molecule has 0 aliphatic rings. The predicted molar refractivity (Wildman–Crippen MR) is 117 cm³/mol. The van der Waals surface area contributed by atoms with Crippen LogP contribution in [0.15, 0.2) is 66.7 Å². The van der Waals surface area contributed by atoms with E-state index in [1.165, 1.54) is 5.56 Å². The summed E-state index contributed by atoms with van der Waals surface area (Å²) in [6, 6.07) is 22.5. The van der Waals surface area contributed by atoms with Gasteiger partial charge in [-0.3, -0.25) is 0 Å². The lowest BCUT2D eigenvalue weighted by Gasteiger charge is -2.00. The molecule has 0 N–H and O–H groups in total. The third kappa shape index (κ3) is 5.29. The molecule has 0 aliphatic heterocycles. The van der Waals surface area contributed by atoms with Gasteiger partial charge in [-0.05, 0) is 79.1 Å². The first-order valence-electron chi connectivity index (χ1n) is 9.55. The van der Waals surface area contributed by atoms with E-state index < -0.39 is 0 Å². The summed E-state index contributed by atoms with van der Waals surface area (Å²) >= 11 is 0. The molecule has 3 aromatic carbocycles. The topological polar surface area (TPSA) is 9.23 Å². The summed E-state index contributed by atoms with van der Waals surface area (Å²) in [5, 5.41) is 0. The average Bonchev–Trinajstić information content (AvgIpc) is 2.73. The van der Waals surface area contributed by atoms with Crippen LogP contribution in [-0.4, -0.2) is 7.11 Å². The van der Waals surface area contributed by atoms with Crippen LogP contribution in [-0.2, 0) is 6.42 Å². The molecule has 0 fully saturated rings. The number of methoxy groups -OCH3 is 1. The summed E-state index contributed by atoms with van der Waals surface area (Å²) in [5.74, 6) is 13.8. The number of hydrogen-bond acceptors (Lipinski definition) is 1. The Balaban J connectivity index is 1.73. The average molecular weight is 364 g/mol. The molecule has 1 nitrogen and oxygen atoms in total. The van der Waals surface area contributed by atoms with Gasteiger partial charge in [0.2, 0.25) is 0 Å². The van der Waals surface area contributed by atoms with Gasteiger partial charge in [0.05, 0.1) is 7.11 Å². The highest BCUT2D eigenvalue weighted by molar-refractivity contribution is 5.51. The van der Waals surface area contributed by atoms with Crippen LogP contribution in [0.2, 0.25) is 0 Å². The van der Waals surface area contributed by atoms with Gasteiger partial charge in [-0.2, -0.15) is 0 Å². The Bertz CT molecular complexity index is 1050. The number of benzene rings is 3. The zero-order valence-electron chi connectivity index (χ0n) is 16.7. The van der Waals surface area contributed by atoms with Gasteiger partial charge in [0.1, 0.15) is 5.75 Å². The van der Waals surface area contributed by atoms with Crippen molar-refractivity contribution in [2.45, 2.75) is 26.7 Å². The molecular formula is C27H24O. The highest BCUT2D eigenvalue weighted by Crippen LogP contribution is 2.13. The Labute approximate surface area is 168 Å². The van der Waals surface area contributed by atoms with Crippen LogP contribution in [0.1, 0.15) is 46.7 Å².